The summed E-state index contributed by atoms with van der Waals surface area (Å²) in [5.74, 6) is 0.943. The molecule has 22 heavy (non-hydrogen) atoms. The van der Waals surface area contributed by atoms with Crippen LogP contribution in [-0.2, 0) is 0 Å². The van der Waals surface area contributed by atoms with Crippen LogP contribution in [0.15, 0.2) is 54.6 Å². The monoisotopic (exact) mass is 286 g/mol. The molecule has 2 aliphatic rings. The van der Waals surface area contributed by atoms with E-state index in [2.05, 4.69) is 60.8 Å². The van der Waals surface area contributed by atoms with Crippen LogP contribution in [0.1, 0.15) is 40.6 Å². The van der Waals surface area contributed by atoms with Crippen LogP contribution < -0.4 is 5.32 Å². The lowest BCUT2D eigenvalue weighted by Crippen LogP contribution is -2.29. The second-order valence-electron chi connectivity index (χ2n) is 6.30. The molecule has 1 N–H and O–H groups in total. The van der Waals surface area contributed by atoms with Gasteiger partial charge in [0.2, 0.25) is 0 Å². The molecule has 3 unspecified atom stereocenters. The Labute approximate surface area is 131 Å². The molecule has 2 heteroatoms. The molecule has 1 aliphatic carbocycles. The molecule has 0 saturated heterocycles. The molecule has 0 amide bonds. The van der Waals surface area contributed by atoms with Crippen LogP contribution in [0, 0.1) is 24.2 Å². The van der Waals surface area contributed by atoms with Crippen molar-refractivity contribution >= 4 is 5.69 Å². The maximum atomic E-state index is 9.15. The molecule has 0 spiro atoms. The number of nitrogens with zero attached hydrogens (tertiary/aromatic N) is 1. The average Bonchev–Trinajstić information content (AvgIpc) is 3.03. The molecule has 1 aliphatic heterocycles. The fourth-order valence-corrected chi connectivity index (χ4v) is 3.86. The van der Waals surface area contributed by atoms with Gasteiger partial charge in [0.1, 0.15) is 0 Å². The topological polar surface area (TPSA) is 35.8 Å². The summed E-state index contributed by atoms with van der Waals surface area (Å²) >= 11 is 0. The first kappa shape index (κ1) is 13.2. The fourth-order valence-electron chi connectivity index (χ4n) is 3.86. The largest absolute Gasteiger partial charge is 0.378 e. The van der Waals surface area contributed by atoms with E-state index >= 15 is 0 Å². The number of allylic oxidation sites excluding steroid dienone is 2. The molecular weight excluding hydrogens is 268 g/mol. The van der Waals surface area contributed by atoms with E-state index in [0.717, 1.165) is 12.0 Å². The van der Waals surface area contributed by atoms with Gasteiger partial charge in [0.25, 0.3) is 0 Å². The first-order valence-electron chi connectivity index (χ1n) is 7.80. The number of anilines is 1. The third-order valence-electron chi connectivity index (χ3n) is 4.89. The van der Waals surface area contributed by atoms with Crippen LogP contribution in [0.3, 0.4) is 0 Å². The predicted molar refractivity (Wildman–Crippen MR) is 88.7 cm³/mol. The summed E-state index contributed by atoms with van der Waals surface area (Å²) in [7, 11) is 0. The molecule has 0 radical (unpaired) electrons. The highest BCUT2D eigenvalue weighted by molar-refractivity contribution is 5.62. The van der Waals surface area contributed by atoms with Gasteiger partial charge in [-0.2, -0.15) is 5.26 Å². The fraction of sp³-hybridized carbons (Fsp3) is 0.250. The third kappa shape index (κ3) is 2.02. The Kier molecular flexibility index (Phi) is 3.01. The minimum absolute atomic E-state index is 0.334. The van der Waals surface area contributed by atoms with Crippen molar-refractivity contribution in [2.45, 2.75) is 25.3 Å². The van der Waals surface area contributed by atoms with Crippen LogP contribution in [0.4, 0.5) is 5.69 Å². The molecule has 4 rings (SSSR count). The first-order chi connectivity index (χ1) is 10.8. The van der Waals surface area contributed by atoms with Gasteiger partial charge in [0.15, 0.2) is 0 Å². The van der Waals surface area contributed by atoms with Crippen molar-refractivity contribution in [2.24, 2.45) is 5.92 Å². The summed E-state index contributed by atoms with van der Waals surface area (Å²) in [6.07, 6.45) is 5.69. The van der Waals surface area contributed by atoms with Gasteiger partial charge in [0, 0.05) is 11.6 Å². The van der Waals surface area contributed by atoms with Gasteiger partial charge in [-0.05, 0) is 48.6 Å². The molecule has 108 valence electrons. The normalized spacial score (nSPS) is 25.0. The van der Waals surface area contributed by atoms with Crippen molar-refractivity contribution in [3.8, 4) is 6.07 Å². The number of nitriles is 1. The van der Waals surface area contributed by atoms with Crippen LogP contribution in [0.2, 0.25) is 0 Å². The van der Waals surface area contributed by atoms with Crippen molar-refractivity contribution in [1.82, 2.24) is 0 Å². The number of hydrogen-bond acceptors (Lipinski definition) is 2. The Hall–Kier alpha value is -2.53. The smallest absolute Gasteiger partial charge is 0.0991 e. The van der Waals surface area contributed by atoms with Gasteiger partial charge < -0.3 is 5.32 Å². The maximum Gasteiger partial charge on any atom is 0.0991 e. The number of fused-ring (bicyclic) bond motifs is 3. The highest BCUT2D eigenvalue weighted by Crippen LogP contribution is 2.49. The van der Waals surface area contributed by atoms with E-state index in [4.69, 9.17) is 5.26 Å². The molecular formula is C20H18N2. The maximum absolute atomic E-state index is 9.15. The van der Waals surface area contributed by atoms with Gasteiger partial charge in [-0.1, -0.05) is 42.0 Å². The minimum Gasteiger partial charge on any atom is -0.378 e. The predicted octanol–water partition coefficient (Wildman–Crippen LogP) is 4.69. The quantitative estimate of drug-likeness (QED) is 0.772. The number of hydrogen-bond donors (Lipinski definition) is 1. The Morgan fingerprint density at radius 2 is 2.09 bits per heavy atom. The highest BCUT2D eigenvalue weighted by atomic mass is 15.0. The Bertz CT molecular complexity index is 798. The van der Waals surface area contributed by atoms with Crippen molar-refractivity contribution in [2.75, 3.05) is 5.32 Å². The standard InChI is InChI=1S/C20H18N2/c1-13-4-2-5-15(10-13)20-17-7-3-6-16(17)18-11-14(12-21)8-9-19(18)22-20/h2-6,8-11,16-17,20,22H,7H2,1H3. The van der Waals surface area contributed by atoms with Crippen molar-refractivity contribution < 1.29 is 0 Å². The van der Waals surface area contributed by atoms with E-state index in [9.17, 15) is 0 Å². The second-order valence-corrected chi connectivity index (χ2v) is 6.30. The van der Waals surface area contributed by atoms with Crippen molar-refractivity contribution in [1.29, 1.82) is 5.26 Å². The highest BCUT2D eigenvalue weighted by Gasteiger charge is 2.37. The van der Waals surface area contributed by atoms with Gasteiger partial charge in [-0.15, -0.1) is 0 Å². The number of rotatable bonds is 1. The van der Waals surface area contributed by atoms with Gasteiger partial charge in [-0.25, -0.2) is 0 Å². The van der Waals surface area contributed by atoms with Crippen molar-refractivity contribution in [3.63, 3.8) is 0 Å². The molecule has 0 saturated carbocycles. The van der Waals surface area contributed by atoms with E-state index in [0.29, 0.717) is 17.9 Å². The van der Waals surface area contributed by atoms with Crippen LogP contribution in [0.25, 0.3) is 0 Å². The molecule has 2 aromatic rings. The summed E-state index contributed by atoms with van der Waals surface area (Å²) in [6.45, 7) is 2.14. The first-order valence-corrected chi connectivity index (χ1v) is 7.80. The zero-order valence-electron chi connectivity index (χ0n) is 12.6. The van der Waals surface area contributed by atoms with Gasteiger partial charge in [-0.3, -0.25) is 0 Å². The average molecular weight is 286 g/mol. The lowest BCUT2D eigenvalue weighted by Gasteiger charge is -2.37. The number of nitrogens with one attached hydrogen (secondary N) is 1. The molecule has 2 nitrogen and oxygen atoms in total. The molecule has 3 atom stereocenters. The molecule has 2 aromatic carbocycles. The van der Waals surface area contributed by atoms with E-state index in [1.165, 1.54) is 22.4 Å². The number of benzene rings is 2. The van der Waals surface area contributed by atoms with Crippen LogP contribution in [-0.4, -0.2) is 0 Å². The summed E-state index contributed by atoms with van der Waals surface area (Å²) in [6, 6.07) is 17.4. The summed E-state index contributed by atoms with van der Waals surface area (Å²) in [4.78, 5) is 0. The zero-order chi connectivity index (χ0) is 15.1. The van der Waals surface area contributed by atoms with Gasteiger partial charge in [0.05, 0.1) is 17.7 Å². The number of aryl methyl sites for hydroxylation is 1. The van der Waals surface area contributed by atoms with Crippen molar-refractivity contribution in [3.05, 3.63) is 76.9 Å². The van der Waals surface area contributed by atoms with E-state index in [1.807, 2.05) is 12.1 Å². The lowest BCUT2D eigenvalue weighted by atomic mass is 9.76. The lowest BCUT2D eigenvalue weighted by molar-refractivity contribution is 0.425. The van der Waals surface area contributed by atoms with E-state index in [-0.39, 0.29) is 0 Å². The van der Waals surface area contributed by atoms with Crippen LogP contribution >= 0.6 is 0 Å². The SMILES string of the molecule is Cc1cccc(C2Nc3ccc(C#N)cc3C3C=CCC32)c1. The molecule has 0 fully saturated rings. The Balaban J connectivity index is 1.80. The third-order valence-corrected chi connectivity index (χ3v) is 4.89. The molecule has 0 aromatic heterocycles. The van der Waals surface area contributed by atoms with Gasteiger partial charge >= 0.3 is 0 Å². The summed E-state index contributed by atoms with van der Waals surface area (Å²) < 4.78 is 0. The zero-order valence-corrected chi connectivity index (χ0v) is 12.6. The minimum atomic E-state index is 0.334. The van der Waals surface area contributed by atoms with Crippen LogP contribution in [0.5, 0.6) is 0 Å². The second kappa shape index (κ2) is 5.03. The molecule has 0 bridgehead atoms. The van der Waals surface area contributed by atoms with E-state index < -0.39 is 0 Å². The summed E-state index contributed by atoms with van der Waals surface area (Å²) in [5, 5.41) is 12.9. The van der Waals surface area contributed by atoms with E-state index in [1.54, 1.807) is 0 Å². The Morgan fingerprint density at radius 1 is 1.18 bits per heavy atom. The molecule has 1 heterocycles. The Morgan fingerprint density at radius 3 is 2.91 bits per heavy atom. The summed E-state index contributed by atoms with van der Waals surface area (Å²) in [5.41, 5.74) is 5.83.